The third-order valence-corrected chi connectivity index (χ3v) is 5.74. The fraction of sp³-hybridized carbons (Fsp3) is 0.238. The van der Waals surface area contributed by atoms with E-state index in [-0.39, 0.29) is 24.0 Å². The van der Waals surface area contributed by atoms with E-state index in [9.17, 15) is 13.6 Å². The zero-order valence-corrected chi connectivity index (χ0v) is 16.0. The van der Waals surface area contributed by atoms with Gasteiger partial charge < -0.3 is 9.80 Å². The van der Waals surface area contributed by atoms with E-state index in [1.54, 1.807) is 30.3 Å². The van der Waals surface area contributed by atoms with E-state index in [4.69, 9.17) is 0 Å². The molecule has 3 aromatic rings. The zero-order valence-electron chi connectivity index (χ0n) is 15.1. The molecule has 0 aliphatic carbocycles. The first kappa shape index (κ1) is 18.6. The quantitative estimate of drug-likeness (QED) is 0.666. The Morgan fingerprint density at radius 3 is 2.43 bits per heavy atom. The Kier molecular flexibility index (Phi) is 5.34. The Labute approximate surface area is 166 Å². The van der Waals surface area contributed by atoms with E-state index in [2.05, 4.69) is 9.88 Å². The predicted molar refractivity (Wildman–Crippen MR) is 106 cm³/mol. The largest absolute Gasteiger partial charge is 0.368 e. The summed E-state index contributed by atoms with van der Waals surface area (Å²) in [5.74, 6) is -0.550. The second-order valence-electron chi connectivity index (χ2n) is 6.64. The lowest BCUT2D eigenvalue weighted by molar-refractivity contribution is -0.130. The smallest absolute Gasteiger partial charge is 0.228 e. The first-order valence-electron chi connectivity index (χ1n) is 9.08. The van der Waals surface area contributed by atoms with Gasteiger partial charge in [0.15, 0.2) is 0 Å². The van der Waals surface area contributed by atoms with Crippen molar-refractivity contribution in [2.75, 3.05) is 31.1 Å². The lowest BCUT2D eigenvalue weighted by Gasteiger charge is -2.36. The van der Waals surface area contributed by atoms with Crippen LogP contribution >= 0.6 is 11.3 Å². The van der Waals surface area contributed by atoms with Gasteiger partial charge in [0.25, 0.3) is 0 Å². The number of aromatic nitrogens is 1. The average Bonchev–Trinajstić information content (AvgIpc) is 3.17. The average molecular weight is 399 g/mol. The number of hydrogen-bond acceptors (Lipinski definition) is 4. The van der Waals surface area contributed by atoms with Crippen molar-refractivity contribution in [3.8, 4) is 10.6 Å². The highest BCUT2D eigenvalue weighted by Crippen LogP contribution is 2.26. The molecule has 1 aliphatic heterocycles. The van der Waals surface area contributed by atoms with Crippen molar-refractivity contribution in [2.45, 2.75) is 6.42 Å². The summed E-state index contributed by atoms with van der Waals surface area (Å²) in [5, 5.41) is 2.40. The topological polar surface area (TPSA) is 36.4 Å². The van der Waals surface area contributed by atoms with E-state index in [0.717, 1.165) is 5.69 Å². The molecule has 0 bridgehead atoms. The van der Waals surface area contributed by atoms with E-state index in [1.165, 1.54) is 29.5 Å². The molecule has 1 saturated heterocycles. The Bertz CT molecular complexity index is 966. The summed E-state index contributed by atoms with van der Waals surface area (Å²) >= 11 is 1.34. The van der Waals surface area contributed by atoms with E-state index in [0.29, 0.717) is 42.4 Å². The Hall–Kier alpha value is -2.80. The summed E-state index contributed by atoms with van der Waals surface area (Å²) in [6.45, 7) is 2.63. The molecule has 2 heterocycles. The van der Waals surface area contributed by atoms with Crippen LogP contribution in [0, 0.1) is 11.6 Å². The molecule has 0 unspecified atom stereocenters. The molecule has 1 aromatic heterocycles. The molecule has 144 valence electrons. The Morgan fingerprint density at radius 1 is 1.00 bits per heavy atom. The van der Waals surface area contributed by atoms with Crippen LogP contribution in [0.2, 0.25) is 0 Å². The number of piperazine rings is 1. The molecule has 1 amide bonds. The van der Waals surface area contributed by atoms with Gasteiger partial charge in [0, 0.05) is 42.8 Å². The number of hydrogen-bond donors (Lipinski definition) is 0. The van der Waals surface area contributed by atoms with Crippen molar-refractivity contribution in [1.82, 2.24) is 9.88 Å². The van der Waals surface area contributed by atoms with Crippen LogP contribution in [0.5, 0.6) is 0 Å². The van der Waals surface area contributed by atoms with Gasteiger partial charge in [-0.05, 0) is 36.4 Å². The van der Waals surface area contributed by atoms with E-state index < -0.39 is 0 Å². The molecular weight excluding hydrogens is 380 g/mol. The summed E-state index contributed by atoms with van der Waals surface area (Å²) in [7, 11) is 0. The number of nitrogens with zero attached hydrogens (tertiary/aromatic N) is 3. The fourth-order valence-electron chi connectivity index (χ4n) is 3.28. The molecule has 4 rings (SSSR count). The molecule has 4 nitrogen and oxygen atoms in total. The zero-order chi connectivity index (χ0) is 19.5. The lowest BCUT2D eigenvalue weighted by atomic mass is 10.2. The van der Waals surface area contributed by atoms with Gasteiger partial charge in [-0.1, -0.05) is 12.1 Å². The summed E-state index contributed by atoms with van der Waals surface area (Å²) in [5.41, 5.74) is 2.08. The molecule has 1 aliphatic rings. The van der Waals surface area contributed by atoms with Gasteiger partial charge in [-0.2, -0.15) is 0 Å². The maximum atomic E-state index is 13.9. The van der Waals surface area contributed by atoms with Crippen LogP contribution in [-0.4, -0.2) is 42.0 Å². The fourth-order valence-corrected chi connectivity index (χ4v) is 4.13. The van der Waals surface area contributed by atoms with Crippen LogP contribution < -0.4 is 4.90 Å². The number of rotatable bonds is 4. The number of halogens is 2. The highest BCUT2D eigenvalue weighted by atomic mass is 32.1. The maximum Gasteiger partial charge on any atom is 0.228 e. The van der Waals surface area contributed by atoms with Crippen molar-refractivity contribution in [3.63, 3.8) is 0 Å². The molecule has 28 heavy (non-hydrogen) atoms. The molecule has 7 heteroatoms. The van der Waals surface area contributed by atoms with E-state index in [1.807, 2.05) is 10.3 Å². The highest BCUT2D eigenvalue weighted by molar-refractivity contribution is 7.13. The monoisotopic (exact) mass is 399 g/mol. The minimum absolute atomic E-state index is 0.0177. The van der Waals surface area contributed by atoms with Crippen LogP contribution in [0.25, 0.3) is 10.6 Å². The lowest BCUT2D eigenvalue weighted by Crippen LogP contribution is -2.49. The van der Waals surface area contributed by atoms with Gasteiger partial charge in [0.1, 0.15) is 16.6 Å². The van der Waals surface area contributed by atoms with Crippen LogP contribution in [0.3, 0.4) is 0 Å². The standard InChI is InChI=1S/C21H19F2N3OS/c22-15-5-7-17(8-6-15)25-9-11-26(12-10-25)20(27)13-16-14-28-21(24-16)18-3-1-2-4-19(18)23/h1-8,14H,9-13H2. The van der Waals surface area contributed by atoms with Gasteiger partial charge in [-0.3, -0.25) is 4.79 Å². The predicted octanol–water partition coefficient (Wildman–Crippen LogP) is 3.98. The Morgan fingerprint density at radius 2 is 1.71 bits per heavy atom. The van der Waals surface area contributed by atoms with Gasteiger partial charge >= 0.3 is 0 Å². The summed E-state index contributed by atoms with van der Waals surface area (Å²) in [6.07, 6.45) is 0.210. The van der Waals surface area contributed by atoms with Gasteiger partial charge in [0.2, 0.25) is 5.91 Å². The minimum Gasteiger partial charge on any atom is -0.368 e. The van der Waals surface area contributed by atoms with Crippen LogP contribution in [0.4, 0.5) is 14.5 Å². The minimum atomic E-state index is -0.313. The molecule has 0 N–H and O–H groups in total. The first-order valence-corrected chi connectivity index (χ1v) is 9.96. The second-order valence-corrected chi connectivity index (χ2v) is 7.50. The molecule has 1 fully saturated rings. The normalized spacial score (nSPS) is 14.4. The van der Waals surface area contributed by atoms with Gasteiger partial charge in [0.05, 0.1) is 12.1 Å². The Balaban J connectivity index is 1.35. The highest BCUT2D eigenvalue weighted by Gasteiger charge is 2.22. The SMILES string of the molecule is O=C(Cc1csc(-c2ccccc2F)n1)N1CCN(c2ccc(F)cc2)CC1. The molecule has 2 aromatic carbocycles. The third-order valence-electron chi connectivity index (χ3n) is 4.81. The van der Waals surface area contributed by atoms with Crippen molar-refractivity contribution in [1.29, 1.82) is 0 Å². The molecular formula is C21H19F2N3OS. The number of benzene rings is 2. The molecule has 0 saturated carbocycles. The maximum absolute atomic E-state index is 13.9. The van der Waals surface area contributed by atoms with Crippen LogP contribution in [0.1, 0.15) is 5.69 Å². The van der Waals surface area contributed by atoms with Gasteiger partial charge in [-0.15, -0.1) is 11.3 Å². The summed E-state index contributed by atoms with van der Waals surface area (Å²) in [4.78, 5) is 21.0. The van der Waals surface area contributed by atoms with Crippen molar-refractivity contribution < 1.29 is 13.6 Å². The third kappa shape index (κ3) is 4.04. The van der Waals surface area contributed by atoms with Crippen molar-refractivity contribution >= 4 is 22.9 Å². The number of amides is 1. The summed E-state index contributed by atoms with van der Waals surface area (Å²) < 4.78 is 27.0. The second kappa shape index (κ2) is 8.06. The van der Waals surface area contributed by atoms with E-state index >= 15 is 0 Å². The van der Waals surface area contributed by atoms with Crippen molar-refractivity contribution in [2.24, 2.45) is 0 Å². The first-order chi connectivity index (χ1) is 13.6. The molecule has 0 spiro atoms. The number of anilines is 1. The number of carbonyl (C=O) groups excluding carboxylic acids is 1. The van der Waals surface area contributed by atoms with Gasteiger partial charge in [-0.25, -0.2) is 13.8 Å². The number of thiazole rings is 1. The van der Waals surface area contributed by atoms with Crippen molar-refractivity contribution in [3.05, 3.63) is 71.2 Å². The van der Waals surface area contributed by atoms with Crippen LogP contribution in [-0.2, 0) is 11.2 Å². The summed E-state index contributed by atoms with van der Waals surface area (Å²) in [6, 6.07) is 12.9. The number of carbonyl (C=O) groups is 1. The van der Waals surface area contributed by atoms with Crippen LogP contribution in [0.15, 0.2) is 53.9 Å². The molecule has 0 radical (unpaired) electrons. The molecule has 0 atom stereocenters.